The number of hydrogen-bond donors (Lipinski definition) is 2. The zero-order valence-corrected chi connectivity index (χ0v) is 12.5. The molecule has 0 unspecified atom stereocenters. The zero-order valence-electron chi connectivity index (χ0n) is 10.1. The molecule has 0 spiro atoms. The van der Waals surface area contributed by atoms with Gasteiger partial charge in [-0.05, 0) is 36.1 Å². The zero-order chi connectivity index (χ0) is 13.4. The van der Waals surface area contributed by atoms with E-state index < -0.39 is 6.04 Å². The van der Waals surface area contributed by atoms with Gasteiger partial charge >= 0.3 is 0 Å². The van der Waals surface area contributed by atoms with E-state index in [0.29, 0.717) is 5.75 Å². The van der Waals surface area contributed by atoms with Crippen LogP contribution in [0.1, 0.15) is 23.6 Å². The molecule has 1 aliphatic carbocycles. The molecule has 1 aromatic rings. The average molecular weight is 341 g/mol. The first-order valence-electron chi connectivity index (χ1n) is 6.15. The third-order valence-corrected chi connectivity index (χ3v) is 4.86. The van der Waals surface area contributed by atoms with E-state index in [2.05, 4.69) is 38.7 Å². The van der Waals surface area contributed by atoms with Gasteiger partial charge in [-0.2, -0.15) is 0 Å². The van der Waals surface area contributed by atoms with Crippen molar-refractivity contribution >= 4 is 38.8 Å². The minimum Gasteiger partial charge on any atom is -0.347 e. The van der Waals surface area contributed by atoms with Gasteiger partial charge in [-0.25, -0.2) is 0 Å². The second-order valence-electron chi connectivity index (χ2n) is 4.74. The standard InChI is InChI=1S/C13H13BrN2O2S/c14-8-2-3-9-7(5-8)1-4-10(9)15-12(17)11-6-19-13(18)16-11/h2-3,5,10-11H,1,4,6H2,(H,15,17)(H,16,18)/t10-,11-/m0/s1. The summed E-state index contributed by atoms with van der Waals surface area (Å²) in [6.07, 6.45) is 1.90. The number of thioether (sulfide) groups is 1. The maximum Gasteiger partial charge on any atom is 0.279 e. The first kappa shape index (κ1) is 13.0. The summed E-state index contributed by atoms with van der Waals surface area (Å²) < 4.78 is 1.07. The highest BCUT2D eigenvalue weighted by atomic mass is 79.9. The molecule has 1 aliphatic heterocycles. The Balaban J connectivity index is 1.69. The van der Waals surface area contributed by atoms with Crippen LogP contribution in [0.5, 0.6) is 0 Å². The van der Waals surface area contributed by atoms with Crippen molar-refractivity contribution in [3.05, 3.63) is 33.8 Å². The predicted octanol–water partition coefficient (Wildman–Crippen LogP) is 2.38. The van der Waals surface area contributed by atoms with E-state index in [9.17, 15) is 9.59 Å². The van der Waals surface area contributed by atoms with Gasteiger partial charge in [-0.1, -0.05) is 33.8 Å². The van der Waals surface area contributed by atoms with E-state index in [-0.39, 0.29) is 17.2 Å². The van der Waals surface area contributed by atoms with Crippen molar-refractivity contribution < 1.29 is 9.59 Å². The number of benzene rings is 1. The predicted molar refractivity (Wildman–Crippen MR) is 78.1 cm³/mol. The molecule has 1 heterocycles. The van der Waals surface area contributed by atoms with E-state index in [0.717, 1.165) is 29.1 Å². The molecular formula is C13H13BrN2O2S. The number of aryl methyl sites for hydroxylation is 1. The monoisotopic (exact) mass is 340 g/mol. The summed E-state index contributed by atoms with van der Waals surface area (Å²) in [5.41, 5.74) is 2.47. The van der Waals surface area contributed by atoms with Crippen LogP contribution in [0.3, 0.4) is 0 Å². The van der Waals surface area contributed by atoms with E-state index in [1.807, 2.05) is 6.07 Å². The van der Waals surface area contributed by atoms with Crippen LogP contribution in [-0.2, 0) is 11.2 Å². The Bertz CT molecular complexity index is 549. The maximum absolute atomic E-state index is 12.1. The van der Waals surface area contributed by atoms with Gasteiger partial charge in [0.2, 0.25) is 5.91 Å². The molecule has 2 atom stereocenters. The lowest BCUT2D eigenvalue weighted by molar-refractivity contribution is -0.123. The van der Waals surface area contributed by atoms with Crippen LogP contribution in [0.25, 0.3) is 0 Å². The van der Waals surface area contributed by atoms with Crippen molar-refractivity contribution in [1.29, 1.82) is 0 Å². The summed E-state index contributed by atoms with van der Waals surface area (Å²) in [4.78, 5) is 23.2. The molecule has 1 saturated heterocycles. The molecule has 0 saturated carbocycles. The van der Waals surface area contributed by atoms with Gasteiger partial charge in [0.05, 0.1) is 6.04 Å². The Morgan fingerprint density at radius 2 is 2.32 bits per heavy atom. The van der Waals surface area contributed by atoms with Gasteiger partial charge in [0.15, 0.2) is 0 Å². The SMILES string of the molecule is O=C1N[C@H](C(=O)N[C@H]2CCc3cc(Br)ccc32)CS1. The first-order valence-corrected chi connectivity index (χ1v) is 7.93. The van der Waals surface area contributed by atoms with Crippen LogP contribution in [0, 0.1) is 0 Å². The molecule has 0 aromatic heterocycles. The number of halogens is 1. The number of amides is 2. The van der Waals surface area contributed by atoms with Gasteiger partial charge in [-0.3, -0.25) is 9.59 Å². The number of hydrogen-bond acceptors (Lipinski definition) is 3. The van der Waals surface area contributed by atoms with E-state index in [1.54, 1.807) is 0 Å². The smallest absolute Gasteiger partial charge is 0.279 e. The third kappa shape index (κ3) is 2.65. The topological polar surface area (TPSA) is 58.2 Å². The van der Waals surface area contributed by atoms with Crippen molar-refractivity contribution in [1.82, 2.24) is 10.6 Å². The summed E-state index contributed by atoms with van der Waals surface area (Å²) >= 11 is 4.62. The summed E-state index contributed by atoms with van der Waals surface area (Å²) in [6.45, 7) is 0. The van der Waals surface area contributed by atoms with E-state index in [1.165, 1.54) is 11.1 Å². The van der Waals surface area contributed by atoms with E-state index in [4.69, 9.17) is 0 Å². The summed E-state index contributed by atoms with van der Waals surface area (Å²) in [6, 6.07) is 5.83. The van der Waals surface area contributed by atoms with Crippen molar-refractivity contribution in [2.45, 2.75) is 24.9 Å². The molecule has 1 aromatic carbocycles. The quantitative estimate of drug-likeness (QED) is 0.868. The minimum absolute atomic E-state index is 0.0677. The summed E-state index contributed by atoms with van der Waals surface area (Å²) in [7, 11) is 0. The molecule has 3 rings (SSSR count). The van der Waals surface area contributed by atoms with Gasteiger partial charge in [0.1, 0.15) is 6.04 Å². The Hall–Kier alpha value is -1.01. The lowest BCUT2D eigenvalue weighted by atomic mass is 10.1. The molecule has 1 fully saturated rings. The second-order valence-corrected chi connectivity index (χ2v) is 6.65. The molecule has 6 heteroatoms. The fraction of sp³-hybridized carbons (Fsp3) is 0.385. The highest BCUT2D eigenvalue weighted by molar-refractivity contribution is 9.10. The van der Waals surface area contributed by atoms with Crippen molar-refractivity contribution in [3.63, 3.8) is 0 Å². The molecule has 0 radical (unpaired) electrons. The van der Waals surface area contributed by atoms with Gasteiger partial charge < -0.3 is 10.6 Å². The third-order valence-electron chi connectivity index (χ3n) is 3.49. The van der Waals surface area contributed by atoms with Gasteiger partial charge in [0.25, 0.3) is 5.24 Å². The maximum atomic E-state index is 12.1. The fourth-order valence-corrected chi connectivity index (χ4v) is 3.72. The molecule has 2 amide bonds. The fourth-order valence-electron chi connectivity index (χ4n) is 2.53. The number of carbonyl (C=O) groups excluding carboxylic acids is 2. The van der Waals surface area contributed by atoms with Crippen molar-refractivity contribution in [2.24, 2.45) is 0 Å². The number of rotatable bonds is 2. The number of carbonyl (C=O) groups is 2. The summed E-state index contributed by atoms with van der Waals surface area (Å²) in [5, 5.41) is 5.58. The molecule has 4 nitrogen and oxygen atoms in total. The van der Waals surface area contributed by atoms with Gasteiger partial charge in [-0.15, -0.1) is 0 Å². The van der Waals surface area contributed by atoms with E-state index >= 15 is 0 Å². The lowest BCUT2D eigenvalue weighted by Gasteiger charge is -2.17. The van der Waals surface area contributed by atoms with Crippen LogP contribution in [-0.4, -0.2) is 22.9 Å². The second kappa shape index (κ2) is 5.17. The molecule has 2 aliphatic rings. The molecular weight excluding hydrogens is 328 g/mol. The van der Waals surface area contributed by atoms with Gasteiger partial charge in [0, 0.05) is 10.2 Å². The normalized spacial score (nSPS) is 25.0. The van der Waals surface area contributed by atoms with Crippen LogP contribution in [0.15, 0.2) is 22.7 Å². The minimum atomic E-state index is -0.392. The van der Waals surface area contributed by atoms with Crippen LogP contribution in [0.4, 0.5) is 4.79 Å². The van der Waals surface area contributed by atoms with Crippen LogP contribution >= 0.6 is 27.7 Å². The average Bonchev–Trinajstić information content (AvgIpc) is 2.96. The summed E-state index contributed by atoms with van der Waals surface area (Å²) in [5.74, 6) is 0.434. The Labute approximate surface area is 123 Å². The number of nitrogens with one attached hydrogen (secondary N) is 2. The first-order chi connectivity index (χ1) is 9.13. The van der Waals surface area contributed by atoms with Crippen LogP contribution in [0.2, 0.25) is 0 Å². The Morgan fingerprint density at radius 3 is 3.05 bits per heavy atom. The van der Waals surface area contributed by atoms with Crippen LogP contribution < -0.4 is 10.6 Å². The van der Waals surface area contributed by atoms with Crippen molar-refractivity contribution in [3.8, 4) is 0 Å². The number of fused-ring (bicyclic) bond motifs is 1. The highest BCUT2D eigenvalue weighted by Crippen LogP contribution is 2.33. The Morgan fingerprint density at radius 1 is 1.47 bits per heavy atom. The lowest BCUT2D eigenvalue weighted by Crippen LogP contribution is -2.43. The molecule has 100 valence electrons. The Kier molecular flexibility index (Phi) is 3.54. The molecule has 0 bridgehead atoms. The highest BCUT2D eigenvalue weighted by Gasteiger charge is 2.31. The molecule has 2 N–H and O–H groups in total. The van der Waals surface area contributed by atoms with Crippen molar-refractivity contribution in [2.75, 3.05) is 5.75 Å². The largest absolute Gasteiger partial charge is 0.347 e. The molecule has 19 heavy (non-hydrogen) atoms.